The first kappa shape index (κ1) is 16.2. The molecule has 1 saturated carbocycles. The first-order valence-electron chi connectivity index (χ1n) is 7.84. The van der Waals surface area contributed by atoms with E-state index in [9.17, 15) is 0 Å². The number of ether oxygens (including phenoxy) is 1. The van der Waals surface area contributed by atoms with Crippen LogP contribution in [0.3, 0.4) is 0 Å². The standard InChI is InChI=1S/C15H28N4O2/c1-6-20-12-7-11(15(12,4)5)17-14-19-18-13(21-14)9-16-8-10(2)3/h10-12,16H,6-9H2,1-5H3,(H,17,19). The SMILES string of the molecule is CCOC1CC(Nc2nnc(CNCC(C)C)o2)C1(C)C. The van der Waals surface area contributed by atoms with Crippen molar-refractivity contribution in [3.8, 4) is 0 Å². The maximum absolute atomic E-state index is 5.73. The lowest BCUT2D eigenvalue weighted by atomic mass is 9.64. The molecular formula is C15H28N4O2. The number of nitrogens with one attached hydrogen (secondary N) is 2. The Morgan fingerprint density at radius 3 is 2.76 bits per heavy atom. The average Bonchev–Trinajstić information content (AvgIpc) is 2.85. The Labute approximate surface area is 127 Å². The molecule has 1 heterocycles. The summed E-state index contributed by atoms with van der Waals surface area (Å²) in [6, 6.07) is 0.815. The molecule has 1 aliphatic rings. The minimum atomic E-state index is 0.0839. The monoisotopic (exact) mass is 296 g/mol. The molecule has 0 radical (unpaired) electrons. The number of hydrogen-bond donors (Lipinski definition) is 2. The van der Waals surface area contributed by atoms with Gasteiger partial charge >= 0.3 is 6.01 Å². The second-order valence-corrected chi connectivity index (χ2v) is 6.72. The molecule has 0 aromatic carbocycles. The summed E-state index contributed by atoms with van der Waals surface area (Å²) in [5, 5.41) is 14.7. The third kappa shape index (κ3) is 3.95. The molecular weight excluding hydrogens is 268 g/mol. The Balaban J connectivity index is 1.81. The van der Waals surface area contributed by atoms with Gasteiger partial charge in [-0.05, 0) is 25.8 Å². The van der Waals surface area contributed by atoms with Crippen molar-refractivity contribution in [1.29, 1.82) is 0 Å². The molecule has 0 saturated heterocycles. The molecule has 21 heavy (non-hydrogen) atoms. The van der Waals surface area contributed by atoms with Gasteiger partial charge < -0.3 is 19.8 Å². The first-order valence-corrected chi connectivity index (χ1v) is 7.84. The van der Waals surface area contributed by atoms with Crippen LogP contribution in [0, 0.1) is 11.3 Å². The Kier molecular flexibility index (Phi) is 5.22. The molecule has 0 bridgehead atoms. The van der Waals surface area contributed by atoms with Crippen LogP contribution in [0.25, 0.3) is 0 Å². The highest BCUT2D eigenvalue weighted by Gasteiger charge is 2.49. The van der Waals surface area contributed by atoms with Crippen LogP contribution in [-0.2, 0) is 11.3 Å². The van der Waals surface area contributed by atoms with Gasteiger partial charge in [0.15, 0.2) is 0 Å². The summed E-state index contributed by atoms with van der Waals surface area (Å²) in [5.41, 5.74) is 0.0839. The zero-order chi connectivity index (χ0) is 15.5. The predicted molar refractivity (Wildman–Crippen MR) is 82.1 cm³/mol. The summed E-state index contributed by atoms with van der Waals surface area (Å²) in [6.45, 7) is 13.1. The maximum Gasteiger partial charge on any atom is 0.315 e. The van der Waals surface area contributed by atoms with E-state index >= 15 is 0 Å². The summed E-state index contributed by atoms with van der Waals surface area (Å²) in [4.78, 5) is 0. The zero-order valence-corrected chi connectivity index (χ0v) is 13.8. The van der Waals surface area contributed by atoms with Crippen molar-refractivity contribution in [3.63, 3.8) is 0 Å². The fourth-order valence-corrected chi connectivity index (χ4v) is 2.61. The summed E-state index contributed by atoms with van der Waals surface area (Å²) in [6.07, 6.45) is 1.28. The fraction of sp³-hybridized carbons (Fsp3) is 0.867. The molecule has 1 aliphatic carbocycles. The Hall–Kier alpha value is -1.14. The molecule has 2 N–H and O–H groups in total. The number of aromatic nitrogens is 2. The van der Waals surface area contributed by atoms with Gasteiger partial charge in [-0.2, -0.15) is 0 Å². The highest BCUT2D eigenvalue weighted by atomic mass is 16.5. The molecule has 1 fully saturated rings. The van der Waals surface area contributed by atoms with E-state index < -0.39 is 0 Å². The van der Waals surface area contributed by atoms with Gasteiger partial charge in [0.25, 0.3) is 0 Å². The van der Waals surface area contributed by atoms with E-state index in [1.807, 2.05) is 6.92 Å². The second kappa shape index (κ2) is 6.75. The van der Waals surface area contributed by atoms with Crippen LogP contribution >= 0.6 is 0 Å². The van der Waals surface area contributed by atoms with Gasteiger partial charge in [-0.25, -0.2) is 0 Å². The average molecular weight is 296 g/mol. The third-order valence-corrected chi connectivity index (χ3v) is 4.14. The molecule has 0 spiro atoms. The lowest BCUT2D eigenvalue weighted by molar-refractivity contribution is -0.0980. The van der Waals surface area contributed by atoms with Crippen molar-refractivity contribution in [1.82, 2.24) is 15.5 Å². The molecule has 1 aromatic heterocycles. The van der Waals surface area contributed by atoms with Crippen LogP contribution in [0.2, 0.25) is 0 Å². The number of anilines is 1. The van der Waals surface area contributed by atoms with Crippen molar-refractivity contribution in [2.45, 2.75) is 59.7 Å². The van der Waals surface area contributed by atoms with E-state index in [0.717, 1.165) is 19.6 Å². The zero-order valence-electron chi connectivity index (χ0n) is 13.8. The molecule has 6 nitrogen and oxygen atoms in total. The number of rotatable bonds is 8. The van der Waals surface area contributed by atoms with Crippen LogP contribution in [0.15, 0.2) is 4.42 Å². The maximum atomic E-state index is 5.73. The number of hydrogen-bond acceptors (Lipinski definition) is 6. The summed E-state index contributed by atoms with van der Waals surface area (Å²) >= 11 is 0. The highest BCUT2D eigenvalue weighted by Crippen LogP contribution is 2.44. The van der Waals surface area contributed by atoms with E-state index in [0.29, 0.717) is 36.5 Å². The Bertz CT molecular complexity index is 445. The van der Waals surface area contributed by atoms with Crippen molar-refractivity contribution in [2.75, 3.05) is 18.5 Å². The molecule has 1 aromatic rings. The minimum Gasteiger partial charge on any atom is -0.407 e. The third-order valence-electron chi connectivity index (χ3n) is 4.14. The minimum absolute atomic E-state index is 0.0839. The van der Waals surface area contributed by atoms with E-state index in [-0.39, 0.29) is 5.41 Å². The lowest BCUT2D eigenvalue weighted by Gasteiger charge is -2.51. The van der Waals surface area contributed by atoms with Crippen molar-refractivity contribution in [3.05, 3.63) is 5.89 Å². The van der Waals surface area contributed by atoms with Crippen LogP contribution in [0.4, 0.5) is 6.01 Å². The van der Waals surface area contributed by atoms with Gasteiger partial charge in [-0.15, -0.1) is 5.10 Å². The summed E-state index contributed by atoms with van der Waals surface area (Å²) < 4.78 is 11.3. The van der Waals surface area contributed by atoms with Gasteiger partial charge in [-0.1, -0.05) is 32.8 Å². The molecule has 0 aliphatic heterocycles. The van der Waals surface area contributed by atoms with Crippen LogP contribution < -0.4 is 10.6 Å². The molecule has 2 rings (SSSR count). The van der Waals surface area contributed by atoms with Gasteiger partial charge in [0, 0.05) is 18.1 Å². The van der Waals surface area contributed by atoms with E-state index in [4.69, 9.17) is 9.15 Å². The fourth-order valence-electron chi connectivity index (χ4n) is 2.61. The molecule has 0 amide bonds. The van der Waals surface area contributed by atoms with Gasteiger partial charge in [0.05, 0.1) is 12.6 Å². The van der Waals surface area contributed by atoms with Crippen molar-refractivity contribution >= 4 is 6.01 Å². The quantitative estimate of drug-likeness (QED) is 0.767. The molecule has 2 atom stereocenters. The largest absolute Gasteiger partial charge is 0.407 e. The first-order chi connectivity index (χ1) is 9.93. The van der Waals surface area contributed by atoms with Gasteiger partial charge in [0.2, 0.25) is 5.89 Å². The Morgan fingerprint density at radius 2 is 2.14 bits per heavy atom. The molecule has 2 unspecified atom stereocenters. The topological polar surface area (TPSA) is 72.2 Å². The van der Waals surface area contributed by atoms with Gasteiger partial charge in [0.1, 0.15) is 0 Å². The van der Waals surface area contributed by atoms with Crippen LogP contribution in [0.1, 0.15) is 46.9 Å². The normalized spacial score (nSPS) is 24.1. The molecule has 120 valence electrons. The van der Waals surface area contributed by atoms with Crippen molar-refractivity contribution < 1.29 is 9.15 Å². The van der Waals surface area contributed by atoms with Gasteiger partial charge in [-0.3, -0.25) is 0 Å². The Morgan fingerprint density at radius 1 is 1.38 bits per heavy atom. The smallest absolute Gasteiger partial charge is 0.315 e. The number of nitrogens with zero attached hydrogens (tertiary/aromatic N) is 2. The summed E-state index contributed by atoms with van der Waals surface area (Å²) in [5.74, 6) is 1.23. The van der Waals surface area contributed by atoms with E-state index in [1.54, 1.807) is 0 Å². The summed E-state index contributed by atoms with van der Waals surface area (Å²) in [7, 11) is 0. The predicted octanol–water partition coefficient (Wildman–Crippen LogP) is 2.43. The lowest BCUT2D eigenvalue weighted by Crippen LogP contribution is -2.58. The van der Waals surface area contributed by atoms with Crippen molar-refractivity contribution in [2.24, 2.45) is 11.3 Å². The second-order valence-electron chi connectivity index (χ2n) is 6.72. The van der Waals surface area contributed by atoms with Crippen LogP contribution in [-0.4, -0.2) is 35.5 Å². The van der Waals surface area contributed by atoms with Crippen LogP contribution in [0.5, 0.6) is 0 Å². The van der Waals surface area contributed by atoms with E-state index in [1.165, 1.54) is 0 Å². The highest BCUT2D eigenvalue weighted by molar-refractivity contribution is 5.25. The van der Waals surface area contributed by atoms with E-state index in [2.05, 4.69) is 48.5 Å². The molecule has 6 heteroatoms.